The Balaban J connectivity index is 2.33. The molecule has 5 heteroatoms. The summed E-state index contributed by atoms with van der Waals surface area (Å²) in [5.74, 6) is 1.76. The van der Waals surface area contributed by atoms with E-state index in [9.17, 15) is 0 Å². The maximum absolute atomic E-state index is 8.60. The predicted octanol–water partition coefficient (Wildman–Crippen LogP) is 4.72. The summed E-state index contributed by atoms with van der Waals surface area (Å²) in [5.41, 5.74) is 1.71. The molecule has 0 atom stereocenters. The maximum atomic E-state index is 8.60. The first-order valence-electron chi connectivity index (χ1n) is 6.56. The Morgan fingerprint density at radius 3 is 2.68 bits per heavy atom. The van der Waals surface area contributed by atoms with Crippen molar-refractivity contribution in [3.8, 4) is 23.3 Å². The van der Waals surface area contributed by atoms with Crippen molar-refractivity contribution in [2.24, 2.45) is 0 Å². The molecule has 0 spiro atoms. The summed E-state index contributed by atoms with van der Waals surface area (Å²) in [6.07, 6.45) is 3.05. The molecule has 0 saturated heterocycles. The molecule has 4 nitrogen and oxygen atoms in total. The topological polar surface area (TPSA) is 54.3 Å². The van der Waals surface area contributed by atoms with E-state index >= 15 is 0 Å². The number of anilines is 1. The van der Waals surface area contributed by atoms with Gasteiger partial charge in [-0.1, -0.05) is 11.6 Å². The van der Waals surface area contributed by atoms with Crippen LogP contribution < -0.4 is 14.8 Å². The molecular formula is C17H15ClN2O2. The zero-order valence-electron chi connectivity index (χ0n) is 12.3. The van der Waals surface area contributed by atoms with E-state index in [0.29, 0.717) is 22.3 Å². The molecule has 0 unspecified atom stereocenters. The summed E-state index contributed by atoms with van der Waals surface area (Å²) >= 11 is 6.08. The molecule has 0 radical (unpaired) electrons. The number of ether oxygens (including phenoxy) is 2. The standard InChI is InChI=1S/C17H15ClN2O2/c1-20-14-5-6-16(17(11-14)21-2)22-15-9-12(4-3-7-19)8-13(18)10-15/h3-6,8-11,20H,1-2H3. The number of nitrogens with one attached hydrogen (secondary N) is 1. The highest BCUT2D eigenvalue weighted by Gasteiger charge is 2.08. The van der Waals surface area contributed by atoms with Gasteiger partial charge in [0.25, 0.3) is 0 Å². The van der Waals surface area contributed by atoms with Gasteiger partial charge < -0.3 is 14.8 Å². The molecule has 0 aliphatic rings. The number of methoxy groups -OCH3 is 1. The molecule has 0 aliphatic carbocycles. The number of rotatable bonds is 5. The average molecular weight is 315 g/mol. The van der Waals surface area contributed by atoms with Gasteiger partial charge in [-0.3, -0.25) is 0 Å². The van der Waals surface area contributed by atoms with Crippen molar-refractivity contribution in [2.75, 3.05) is 19.5 Å². The quantitative estimate of drug-likeness (QED) is 0.811. The van der Waals surface area contributed by atoms with Crippen LogP contribution in [-0.4, -0.2) is 14.2 Å². The fourth-order valence-electron chi connectivity index (χ4n) is 1.91. The van der Waals surface area contributed by atoms with Crippen LogP contribution in [0, 0.1) is 11.3 Å². The van der Waals surface area contributed by atoms with Crippen molar-refractivity contribution < 1.29 is 9.47 Å². The van der Waals surface area contributed by atoms with E-state index in [0.717, 1.165) is 11.3 Å². The van der Waals surface area contributed by atoms with Crippen LogP contribution >= 0.6 is 11.6 Å². The van der Waals surface area contributed by atoms with Gasteiger partial charge in [0.05, 0.1) is 13.2 Å². The lowest BCUT2D eigenvalue weighted by Gasteiger charge is -2.12. The number of allylic oxidation sites excluding steroid dienone is 1. The number of halogens is 1. The van der Waals surface area contributed by atoms with Crippen LogP contribution in [0.5, 0.6) is 17.2 Å². The van der Waals surface area contributed by atoms with E-state index < -0.39 is 0 Å². The number of benzene rings is 2. The van der Waals surface area contributed by atoms with Crippen LogP contribution in [-0.2, 0) is 0 Å². The molecule has 112 valence electrons. The van der Waals surface area contributed by atoms with Crippen LogP contribution in [0.1, 0.15) is 5.56 Å². The van der Waals surface area contributed by atoms with E-state index in [1.807, 2.05) is 31.3 Å². The molecule has 0 bridgehead atoms. The Kier molecular flexibility index (Phi) is 5.29. The highest BCUT2D eigenvalue weighted by Crippen LogP contribution is 2.35. The average Bonchev–Trinajstić information content (AvgIpc) is 2.52. The molecule has 2 aromatic rings. The highest BCUT2D eigenvalue weighted by atomic mass is 35.5. The molecule has 0 heterocycles. The number of hydrogen-bond donors (Lipinski definition) is 1. The molecular weight excluding hydrogens is 300 g/mol. The van der Waals surface area contributed by atoms with E-state index in [1.165, 1.54) is 6.08 Å². The molecule has 2 rings (SSSR count). The minimum Gasteiger partial charge on any atom is -0.493 e. The molecule has 22 heavy (non-hydrogen) atoms. The van der Waals surface area contributed by atoms with Crippen LogP contribution in [0.15, 0.2) is 42.5 Å². The van der Waals surface area contributed by atoms with Gasteiger partial charge in [0.1, 0.15) is 5.75 Å². The van der Waals surface area contributed by atoms with Crippen LogP contribution in [0.3, 0.4) is 0 Å². The second kappa shape index (κ2) is 7.39. The van der Waals surface area contributed by atoms with Gasteiger partial charge >= 0.3 is 0 Å². The van der Waals surface area contributed by atoms with Crippen molar-refractivity contribution in [3.63, 3.8) is 0 Å². The third-order valence-corrected chi connectivity index (χ3v) is 3.14. The van der Waals surface area contributed by atoms with E-state index in [-0.39, 0.29) is 0 Å². The monoisotopic (exact) mass is 314 g/mol. The normalized spacial score (nSPS) is 10.3. The lowest BCUT2D eigenvalue weighted by molar-refractivity contribution is 0.379. The van der Waals surface area contributed by atoms with E-state index in [4.69, 9.17) is 26.3 Å². The van der Waals surface area contributed by atoms with Gasteiger partial charge in [0.2, 0.25) is 0 Å². The minimum absolute atomic E-state index is 0.529. The summed E-state index contributed by atoms with van der Waals surface area (Å²) in [7, 11) is 3.42. The summed E-state index contributed by atoms with van der Waals surface area (Å²) in [6.45, 7) is 0. The second-order valence-electron chi connectivity index (χ2n) is 4.40. The molecule has 0 aromatic heterocycles. The summed E-state index contributed by atoms with van der Waals surface area (Å²) in [5, 5.41) is 12.2. The maximum Gasteiger partial charge on any atom is 0.169 e. The first-order chi connectivity index (χ1) is 10.7. The summed E-state index contributed by atoms with van der Waals surface area (Å²) in [6, 6.07) is 12.7. The van der Waals surface area contributed by atoms with Crippen molar-refractivity contribution in [3.05, 3.63) is 53.1 Å². The first-order valence-corrected chi connectivity index (χ1v) is 6.94. The molecule has 0 aliphatic heterocycles. The van der Waals surface area contributed by atoms with Gasteiger partial charge in [-0.15, -0.1) is 0 Å². The third-order valence-electron chi connectivity index (χ3n) is 2.92. The Labute approximate surface area is 134 Å². The van der Waals surface area contributed by atoms with Crippen molar-refractivity contribution in [1.82, 2.24) is 0 Å². The van der Waals surface area contributed by atoms with Crippen molar-refractivity contribution >= 4 is 23.4 Å². The molecule has 1 N–H and O–H groups in total. The minimum atomic E-state index is 0.529. The van der Waals surface area contributed by atoms with Gasteiger partial charge in [-0.05, 0) is 42.0 Å². The number of nitrogens with zero attached hydrogens (tertiary/aromatic N) is 1. The van der Waals surface area contributed by atoms with Crippen LogP contribution in [0.25, 0.3) is 6.08 Å². The van der Waals surface area contributed by atoms with Gasteiger partial charge in [0, 0.05) is 29.9 Å². The zero-order valence-corrected chi connectivity index (χ0v) is 13.0. The Bertz CT molecular complexity index is 736. The van der Waals surface area contributed by atoms with Crippen molar-refractivity contribution in [1.29, 1.82) is 5.26 Å². The second-order valence-corrected chi connectivity index (χ2v) is 4.84. The molecule has 2 aromatic carbocycles. The van der Waals surface area contributed by atoms with Crippen molar-refractivity contribution in [2.45, 2.75) is 0 Å². The zero-order chi connectivity index (χ0) is 15.9. The van der Waals surface area contributed by atoms with Crippen LogP contribution in [0.4, 0.5) is 5.69 Å². The summed E-state index contributed by atoms with van der Waals surface area (Å²) < 4.78 is 11.2. The van der Waals surface area contributed by atoms with E-state index in [1.54, 1.807) is 31.4 Å². The lowest BCUT2D eigenvalue weighted by Crippen LogP contribution is -1.93. The third kappa shape index (κ3) is 3.94. The van der Waals surface area contributed by atoms with Gasteiger partial charge in [-0.25, -0.2) is 0 Å². The Hall–Kier alpha value is -2.64. The fourth-order valence-corrected chi connectivity index (χ4v) is 2.14. The Morgan fingerprint density at radius 1 is 1.18 bits per heavy atom. The molecule has 0 saturated carbocycles. The number of nitriles is 1. The van der Waals surface area contributed by atoms with Gasteiger partial charge in [-0.2, -0.15) is 5.26 Å². The predicted molar refractivity (Wildman–Crippen MR) is 88.7 cm³/mol. The van der Waals surface area contributed by atoms with E-state index in [2.05, 4.69) is 5.32 Å². The fraction of sp³-hybridized carbons (Fsp3) is 0.118. The lowest BCUT2D eigenvalue weighted by atomic mass is 10.2. The number of hydrogen-bond acceptors (Lipinski definition) is 4. The smallest absolute Gasteiger partial charge is 0.169 e. The highest BCUT2D eigenvalue weighted by molar-refractivity contribution is 6.30. The van der Waals surface area contributed by atoms with Crippen LogP contribution in [0.2, 0.25) is 5.02 Å². The molecule has 0 fully saturated rings. The Morgan fingerprint density at radius 2 is 2.00 bits per heavy atom. The molecule has 0 amide bonds. The largest absolute Gasteiger partial charge is 0.493 e. The van der Waals surface area contributed by atoms with Gasteiger partial charge in [0.15, 0.2) is 11.5 Å². The summed E-state index contributed by atoms with van der Waals surface area (Å²) in [4.78, 5) is 0. The SMILES string of the molecule is CNc1ccc(Oc2cc(Cl)cc(C=CC#N)c2)c(OC)c1. The first kappa shape index (κ1) is 15.7.